The van der Waals surface area contributed by atoms with Gasteiger partial charge in [-0.25, -0.2) is 0 Å². The maximum atomic E-state index is 11.4. The van der Waals surface area contributed by atoms with E-state index in [1.54, 1.807) is 0 Å². The van der Waals surface area contributed by atoms with Crippen molar-refractivity contribution < 1.29 is 9.53 Å². The Morgan fingerprint density at radius 2 is 2.44 bits per heavy atom. The maximum Gasteiger partial charge on any atom is 0.323 e. The molecule has 0 radical (unpaired) electrons. The van der Waals surface area contributed by atoms with Crippen LogP contribution in [0, 0.1) is 0 Å². The fraction of sp³-hybridized carbons (Fsp3) is 0.900. The Bertz CT molecular complexity index is 276. The molecular weight excluding hydrogens is 208 g/mol. The van der Waals surface area contributed by atoms with Gasteiger partial charge in [0.25, 0.3) is 0 Å². The predicted molar refractivity (Wildman–Crippen MR) is 59.9 cm³/mol. The maximum absolute atomic E-state index is 11.4. The lowest BCUT2D eigenvalue weighted by Gasteiger charge is -2.21. The Morgan fingerprint density at radius 1 is 1.62 bits per heavy atom. The predicted octanol–water partition coefficient (Wildman–Crippen LogP) is 1.71. The summed E-state index contributed by atoms with van der Waals surface area (Å²) in [7, 11) is 1.43. The molecule has 0 bridgehead atoms. The molecule has 1 fully saturated rings. The highest BCUT2D eigenvalue weighted by atomic mass is 16.5. The van der Waals surface area contributed by atoms with E-state index in [2.05, 4.69) is 14.9 Å². The monoisotopic (exact) mass is 226 g/mol. The van der Waals surface area contributed by atoms with Crippen molar-refractivity contribution in [2.24, 2.45) is 5.11 Å². The van der Waals surface area contributed by atoms with Gasteiger partial charge in [0.15, 0.2) is 0 Å². The van der Waals surface area contributed by atoms with Gasteiger partial charge in [0.1, 0.15) is 6.04 Å². The molecule has 1 rings (SSSR count). The number of carbonyl (C=O) groups is 1. The molecule has 1 aliphatic heterocycles. The summed E-state index contributed by atoms with van der Waals surface area (Å²) in [6, 6.07) is -0.0653. The van der Waals surface area contributed by atoms with Crippen LogP contribution in [0.5, 0.6) is 0 Å². The second-order valence-electron chi connectivity index (χ2n) is 3.88. The van der Waals surface area contributed by atoms with Crippen LogP contribution in [0.1, 0.15) is 25.7 Å². The van der Waals surface area contributed by atoms with Crippen LogP contribution in [0.2, 0.25) is 0 Å². The van der Waals surface area contributed by atoms with E-state index in [0.717, 1.165) is 38.8 Å². The van der Waals surface area contributed by atoms with Crippen LogP contribution in [0.15, 0.2) is 5.11 Å². The summed E-state index contributed by atoms with van der Waals surface area (Å²) in [6.07, 6.45) is 3.76. The minimum Gasteiger partial charge on any atom is -0.468 e. The second kappa shape index (κ2) is 7.09. The Hall–Kier alpha value is -1.26. The highest BCUT2D eigenvalue weighted by Crippen LogP contribution is 2.18. The summed E-state index contributed by atoms with van der Waals surface area (Å²) >= 11 is 0. The minimum atomic E-state index is -0.132. The van der Waals surface area contributed by atoms with E-state index in [-0.39, 0.29) is 12.0 Å². The Kier molecular flexibility index (Phi) is 5.67. The summed E-state index contributed by atoms with van der Waals surface area (Å²) in [5.74, 6) is -0.132. The van der Waals surface area contributed by atoms with E-state index < -0.39 is 0 Å². The minimum absolute atomic E-state index is 0.0653. The van der Waals surface area contributed by atoms with Crippen LogP contribution in [-0.2, 0) is 9.53 Å². The molecule has 1 atom stereocenters. The van der Waals surface area contributed by atoms with Gasteiger partial charge in [-0.3, -0.25) is 9.69 Å². The molecule has 6 heteroatoms. The molecule has 1 aliphatic rings. The van der Waals surface area contributed by atoms with Crippen molar-refractivity contribution in [3.63, 3.8) is 0 Å². The molecule has 0 unspecified atom stereocenters. The van der Waals surface area contributed by atoms with Gasteiger partial charge in [0.05, 0.1) is 7.11 Å². The van der Waals surface area contributed by atoms with Gasteiger partial charge < -0.3 is 4.74 Å². The normalized spacial score (nSPS) is 20.4. The Labute approximate surface area is 95.2 Å². The molecular formula is C10H18N4O2. The molecule has 0 N–H and O–H groups in total. The number of hydrogen-bond donors (Lipinski definition) is 0. The van der Waals surface area contributed by atoms with Gasteiger partial charge in [-0.2, -0.15) is 0 Å². The number of esters is 1. The molecule has 0 aliphatic carbocycles. The first kappa shape index (κ1) is 12.8. The van der Waals surface area contributed by atoms with E-state index in [1.165, 1.54) is 7.11 Å². The van der Waals surface area contributed by atoms with Gasteiger partial charge >= 0.3 is 5.97 Å². The molecule has 0 amide bonds. The van der Waals surface area contributed by atoms with Gasteiger partial charge in [-0.1, -0.05) is 5.11 Å². The number of hydrogen-bond acceptors (Lipinski definition) is 4. The number of rotatable bonds is 6. The first-order valence-electron chi connectivity index (χ1n) is 5.62. The summed E-state index contributed by atoms with van der Waals surface area (Å²) in [5, 5.41) is 3.48. The van der Waals surface area contributed by atoms with Gasteiger partial charge in [0, 0.05) is 11.5 Å². The van der Waals surface area contributed by atoms with Gasteiger partial charge in [-0.05, 0) is 44.3 Å². The number of nitrogens with zero attached hydrogens (tertiary/aromatic N) is 4. The first-order valence-corrected chi connectivity index (χ1v) is 5.62. The molecule has 0 saturated carbocycles. The van der Waals surface area contributed by atoms with Crippen molar-refractivity contribution in [1.29, 1.82) is 0 Å². The molecule has 0 spiro atoms. The lowest BCUT2D eigenvalue weighted by atomic mass is 10.2. The lowest BCUT2D eigenvalue weighted by molar-refractivity contribution is -0.145. The molecule has 1 heterocycles. The van der Waals surface area contributed by atoms with Crippen LogP contribution in [0.4, 0.5) is 0 Å². The van der Waals surface area contributed by atoms with E-state index in [4.69, 9.17) is 10.3 Å². The zero-order chi connectivity index (χ0) is 11.8. The molecule has 0 aromatic carbocycles. The first-order chi connectivity index (χ1) is 7.79. The van der Waals surface area contributed by atoms with Crippen LogP contribution in [0.3, 0.4) is 0 Å². The Morgan fingerprint density at radius 3 is 3.12 bits per heavy atom. The molecule has 1 saturated heterocycles. The average Bonchev–Trinajstić information content (AvgIpc) is 2.76. The third-order valence-electron chi connectivity index (χ3n) is 2.85. The summed E-state index contributed by atoms with van der Waals surface area (Å²) in [5.41, 5.74) is 8.11. The largest absolute Gasteiger partial charge is 0.468 e. The van der Waals surface area contributed by atoms with Crippen LogP contribution >= 0.6 is 0 Å². The van der Waals surface area contributed by atoms with E-state index >= 15 is 0 Å². The van der Waals surface area contributed by atoms with E-state index in [9.17, 15) is 4.79 Å². The van der Waals surface area contributed by atoms with Crippen LogP contribution in [0.25, 0.3) is 10.4 Å². The van der Waals surface area contributed by atoms with Crippen LogP contribution in [-0.4, -0.2) is 43.7 Å². The van der Waals surface area contributed by atoms with E-state index in [0.29, 0.717) is 6.54 Å². The second-order valence-corrected chi connectivity index (χ2v) is 3.88. The van der Waals surface area contributed by atoms with E-state index in [1.807, 2.05) is 0 Å². The lowest BCUT2D eigenvalue weighted by Crippen LogP contribution is -2.37. The van der Waals surface area contributed by atoms with Crippen molar-refractivity contribution in [3.8, 4) is 0 Å². The van der Waals surface area contributed by atoms with Crippen molar-refractivity contribution in [2.45, 2.75) is 31.7 Å². The van der Waals surface area contributed by atoms with Gasteiger partial charge in [0.2, 0.25) is 0 Å². The third-order valence-corrected chi connectivity index (χ3v) is 2.85. The number of likely N-dealkylation sites (tertiary alicyclic amines) is 1. The quantitative estimate of drug-likeness (QED) is 0.227. The zero-order valence-corrected chi connectivity index (χ0v) is 9.63. The van der Waals surface area contributed by atoms with Crippen molar-refractivity contribution >= 4 is 5.97 Å². The van der Waals surface area contributed by atoms with Crippen molar-refractivity contribution in [1.82, 2.24) is 4.90 Å². The topological polar surface area (TPSA) is 78.3 Å². The number of methoxy groups -OCH3 is 1. The summed E-state index contributed by atoms with van der Waals surface area (Å²) < 4.78 is 4.76. The standard InChI is InChI=1S/C10H18N4O2/c1-16-10(15)9-5-4-8-14(9)7-3-2-6-12-13-11/h9H,2-8H2,1H3/t9-/m0/s1. The molecule has 6 nitrogen and oxygen atoms in total. The molecule has 90 valence electrons. The highest BCUT2D eigenvalue weighted by molar-refractivity contribution is 5.75. The number of unbranched alkanes of at least 4 members (excludes halogenated alkanes) is 1. The number of carbonyl (C=O) groups excluding carboxylic acids is 1. The average molecular weight is 226 g/mol. The smallest absolute Gasteiger partial charge is 0.323 e. The zero-order valence-electron chi connectivity index (χ0n) is 9.63. The highest BCUT2D eigenvalue weighted by Gasteiger charge is 2.30. The fourth-order valence-corrected chi connectivity index (χ4v) is 2.04. The molecule has 16 heavy (non-hydrogen) atoms. The molecule has 0 aromatic heterocycles. The summed E-state index contributed by atoms with van der Waals surface area (Å²) in [4.78, 5) is 16.3. The fourth-order valence-electron chi connectivity index (χ4n) is 2.04. The summed E-state index contributed by atoms with van der Waals surface area (Å²) in [6.45, 7) is 2.37. The van der Waals surface area contributed by atoms with Crippen molar-refractivity contribution in [2.75, 3.05) is 26.7 Å². The Balaban J connectivity index is 2.24. The third kappa shape index (κ3) is 3.72. The number of ether oxygens (including phenoxy) is 1. The van der Waals surface area contributed by atoms with Crippen molar-refractivity contribution in [3.05, 3.63) is 10.4 Å². The number of azide groups is 1. The van der Waals surface area contributed by atoms with Gasteiger partial charge in [-0.15, -0.1) is 0 Å². The SMILES string of the molecule is COC(=O)[C@@H]1CCCN1CCCCN=[N+]=[N-]. The molecule has 0 aromatic rings. The van der Waals surface area contributed by atoms with Crippen LogP contribution < -0.4 is 0 Å².